The van der Waals surface area contributed by atoms with Crippen LogP contribution in [0.1, 0.15) is 36.6 Å². The molecule has 3 N–H and O–H groups in total. The molecule has 6 heteroatoms. The highest BCUT2D eigenvalue weighted by atomic mass is 16.2. The lowest BCUT2D eigenvalue weighted by molar-refractivity contribution is -0.945. The van der Waals surface area contributed by atoms with Gasteiger partial charge in [0, 0.05) is 43.4 Å². The van der Waals surface area contributed by atoms with E-state index in [0.29, 0.717) is 6.54 Å². The Morgan fingerprint density at radius 2 is 1.67 bits per heavy atom. The predicted octanol–water partition coefficient (Wildman–Crippen LogP) is 1.08. The molecular formula is C24H33N4O2+. The fraction of sp³-hybridized carbons (Fsp3) is 0.417. The predicted molar refractivity (Wildman–Crippen MR) is 119 cm³/mol. The molecule has 6 nitrogen and oxygen atoms in total. The Bertz CT molecular complexity index is 877. The van der Waals surface area contributed by atoms with E-state index in [2.05, 4.69) is 64.1 Å². The lowest BCUT2D eigenvalue weighted by Crippen LogP contribution is -3.12. The van der Waals surface area contributed by atoms with Crippen LogP contribution in [0, 0.1) is 0 Å². The topological polar surface area (TPSA) is 65.9 Å². The van der Waals surface area contributed by atoms with Crippen LogP contribution < -0.4 is 20.4 Å². The Kier molecular flexibility index (Phi) is 7.11. The standard InChI is InChI=1S/C24H32N4O2/c1-17(2)26-24(30)23(29)25-15-22(19-9-11-21(12-10-19)27(3)4)28-14-13-18-7-5-6-8-20(18)16-28/h5-12,17,22H,13-16H2,1-4H3,(H,25,29)(H,26,30)/p+1/t22-/m0/s1. The van der Waals surface area contributed by atoms with Crippen LogP contribution in [0.5, 0.6) is 0 Å². The van der Waals surface area contributed by atoms with Gasteiger partial charge in [0.15, 0.2) is 0 Å². The van der Waals surface area contributed by atoms with Gasteiger partial charge in [-0.1, -0.05) is 36.4 Å². The Labute approximate surface area is 179 Å². The van der Waals surface area contributed by atoms with Crippen molar-refractivity contribution in [1.29, 1.82) is 0 Å². The van der Waals surface area contributed by atoms with Crippen molar-refractivity contribution in [3.63, 3.8) is 0 Å². The fourth-order valence-electron chi connectivity index (χ4n) is 4.00. The Hall–Kier alpha value is -2.86. The van der Waals surface area contributed by atoms with Gasteiger partial charge in [0.25, 0.3) is 0 Å². The van der Waals surface area contributed by atoms with Crippen molar-refractivity contribution in [2.45, 2.75) is 38.9 Å². The molecule has 2 aromatic carbocycles. The highest BCUT2D eigenvalue weighted by Gasteiger charge is 2.29. The van der Waals surface area contributed by atoms with Crippen molar-refractivity contribution in [2.75, 3.05) is 32.1 Å². The molecule has 0 bridgehead atoms. The van der Waals surface area contributed by atoms with Crippen LogP contribution in [-0.4, -0.2) is 45.0 Å². The van der Waals surface area contributed by atoms with Gasteiger partial charge in [-0.2, -0.15) is 0 Å². The van der Waals surface area contributed by atoms with Crippen molar-refractivity contribution in [3.8, 4) is 0 Å². The van der Waals surface area contributed by atoms with E-state index in [4.69, 9.17) is 0 Å². The number of quaternary nitrogens is 1. The highest BCUT2D eigenvalue weighted by Crippen LogP contribution is 2.18. The SMILES string of the molecule is CC(C)NC(=O)C(=O)NC[C@@H](c1ccc(N(C)C)cc1)[NH+]1CCc2ccccc2C1. The molecule has 0 spiro atoms. The average Bonchev–Trinajstić information content (AvgIpc) is 2.73. The summed E-state index contributed by atoms with van der Waals surface area (Å²) in [5.41, 5.74) is 5.07. The Balaban J connectivity index is 1.78. The summed E-state index contributed by atoms with van der Waals surface area (Å²) >= 11 is 0. The van der Waals surface area contributed by atoms with Crippen LogP contribution >= 0.6 is 0 Å². The summed E-state index contributed by atoms with van der Waals surface area (Å²) in [6.45, 7) is 6.00. The largest absolute Gasteiger partial charge is 0.378 e. The van der Waals surface area contributed by atoms with Crippen molar-refractivity contribution in [1.82, 2.24) is 10.6 Å². The molecule has 2 aromatic rings. The number of nitrogens with one attached hydrogen (secondary N) is 3. The zero-order valence-corrected chi connectivity index (χ0v) is 18.4. The van der Waals surface area contributed by atoms with E-state index in [1.165, 1.54) is 21.6 Å². The summed E-state index contributed by atoms with van der Waals surface area (Å²) in [5.74, 6) is -1.15. The van der Waals surface area contributed by atoms with Gasteiger partial charge in [0.05, 0.1) is 13.1 Å². The van der Waals surface area contributed by atoms with Gasteiger partial charge in [-0.15, -0.1) is 0 Å². The van der Waals surface area contributed by atoms with Crippen LogP contribution in [0.15, 0.2) is 48.5 Å². The number of rotatable bonds is 6. The normalized spacial score (nSPS) is 16.5. The maximum Gasteiger partial charge on any atom is 0.309 e. The molecule has 2 atom stereocenters. The molecule has 2 amide bonds. The zero-order valence-electron chi connectivity index (χ0n) is 18.4. The highest BCUT2D eigenvalue weighted by molar-refractivity contribution is 6.35. The van der Waals surface area contributed by atoms with Gasteiger partial charge in [-0.3, -0.25) is 9.59 Å². The lowest BCUT2D eigenvalue weighted by Gasteiger charge is -2.33. The van der Waals surface area contributed by atoms with Gasteiger partial charge >= 0.3 is 11.8 Å². The van der Waals surface area contributed by atoms with Crippen LogP contribution in [-0.2, 0) is 22.6 Å². The second kappa shape index (κ2) is 9.76. The smallest absolute Gasteiger partial charge is 0.309 e. The molecule has 1 aliphatic rings. The molecule has 1 aliphatic heterocycles. The molecule has 0 saturated carbocycles. The number of hydrogen-bond acceptors (Lipinski definition) is 3. The third kappa shape index (κ3) is 5.39. The Morgan fingerprint density at radius 3 is 2.30 bits per heavy atom. The molecular weight excluding hydrogens is 376 g/mol. The van der Waals surface area contributed by atoms with E-state index in [9.17, 15) is 9.59 Å². The van der Waals surface area contributed by atoms with Crippen LogP contribution in [0.25, 0.3) is 0 Å². The first-order valence-electron chi connectivity index (χ1n) is 10.6. The molecule has 160 valence electrons. The minimum atomic E-state index is -0.578. The first-order valence-corrected chi connectivity index (χ1v) is 10.6. The summed E-state index contributed by atoms with van der Waals surface area (Å²) in [6.07, 6.45) is 1.01. The molecule has 0 aromatic heterocycles. The Morgan fingerprint density at radius 1 is 1.00 bits per heavy atom. The van der Waals surface area contributed by atoms with E-state index < -0.39 is 11.8 Å². The van der Waals surface area contributed by atoms with E-state index in [1.54, 1.807) is 0 Å². The van der Waals surface area contributed by atoms with Crippen LogP contribution in [0.3, 0.4) is 0 Å². The molecule has 0 aliphatic carbocycles. The van der Waals surface area contributed by atoms with Gasteiger partial charge in [0.1, 0.15) is 12.6 Å². The number of carbonyl (C=O) groups excluding carboxylic acids is 2. The number of hydrogen-bond donors (Lipinski definition) is 3. The van der Waals surface area contributed by atoms with Crippen LogP contribution in [0.4, 0.5) is 5.69 Å². The van der Waals surface area contributed by atoms with Gasteiger partial charge in [-0.25, -0.2) is 0 Å². The zero-order chi connectivity index (χ0) is 21.7. The molecule has 0 radical (unpaired) electrons. The average molecular weight is 410 g/mol. The van der Waals surface area contributed by atoms with Gasteiger partial charge in [0.2, 0.25) is 0 Å². The van der Waals surface area contributed by atoms with Crippen molar-refractivity contribution in [3.05, 3.63) is 65.2 Å². The number of fused-ring (bicyclic) bond motifs is 1. The number of carbonyl (C=O) groups is 2. The third-order valence-corrected chi connectivity index (χ3v) is 5.65. The summed E-state index contributed by atoms with van der Waals surface area (Å²) in [6, 6.07) is 17.0. The number of nitrogens with zero attached hydrogens (tertiary/aromatic N) is 1. The second-order valence-corrected chi connectivity index (χ2v) is 8.48. The van der Waals surface area contributed by atoms with Gasteiger partial charge < -0.3 is 20.4 Å². The van der Waals surface area contributed by atoms with E-state index in [-0.39, 0.29) is 12.1 Å². The fourth-order valence-corrected chi connectivity index (χ4v) is 4.00. The van der Waals surface area contributed by atoms with Crippen molar-refractivity contribution < 1.29 is 14.5 Å². The van der Waals surface area contributed by atoms with Gasteiger partial charge in [-0.05, 0) is 31.5 Å². The third-order valence-electron chi connectivity index (χ3n) is 5.65. The molecule has 3 rings (SSSR count). The minimum Gasteiger partial charge on any atom is -0.378 e. The quantitative estimate of drug-likeness (QED) is 0.626. The first kappa shape index (κ1) is 21.8. The maximum absolute atomic E-state index is 12.3. The molecule has 30 heavy (non-hydrogen) atoms. The summed E-state index contributed by atoms with van der Waals surface area (Å²) in [5, 5.41) is 5.52. The molecule has 1 heterocycles. The monoisotopic (exact) mass is 409 g/mol. The summed E-state index contributed by atoms with van der Waals surface area (Å²) < 4.78 is 0. The van der Waals surface area contributed by atoms with E-state index in [1.807, 2.05) is 27.9 Å². The number of benzene rings is 2. The first-order chi connectivity index (χ1) is 14.3. The molecule has 0 fully saturated rings. The molecule has 1 unspecified atom stereocenters. The van der Waals surface area contributed by atoms with E-state index in [0.717, 1.165) is 25.2 Å². The van der Waals surface area contributed by atoms with E-state index >= 15 is 0 Å². The lowest BCUT2D eigenvalue weighted by atomic mass is 9.96. The summed E-state index contributed by atoms with van der Waals surface area (Å²) in [4.78, 5) is 27.8. The number of amides is 2. The second-order valence-electron chi connectivity index (χ2n) is 8.48. The van der Waals surface area contributed by atoms with Crippen molar-refractivity contribution in [2.24, 2.45) is 0 Å². The number of anilines is 1. The van der Waals surface area contributed by atoms with Crippen LogP contribution in [0.2, 0.25) is 0 Å². The minimum absolute atomic E-state index is 0.0677. The maximum atomic E-state index is 12.3. The summed E-state index contributed by atoms with van der Waals surface area (Å²) in [7, 11) is 4.04. The molecule has 0 saturated heterocycles. The van der Waals surface area contributed by atoms with Crippen molar-refractivity contribution >= 4 is 17.5 Å².